The van der Waals surface area contributed by atoms with Crippen molar-refractivity contribution in [2.24, 2.45) is 5.73 Å². The molecule has 2 aromatic heterocycles. The van der Waals surface area contributed by atoms with Gasteiger partial charge in [0.15, 0.2) is 11.6 Å². The fourth-order valence-corrected chi connectivity index (χ4v) is 3.92. The number of aromatic amines is 1. The second-order valence-corrected chi connectivity index (χ2v) is 8.03. The third kappa shape index (κ3) is 5.31. The fourth-order valence-electron chi connectivity index (χ4n) is 3.92. The van der Waals surface area contributed by atoms with Crippen molar-refractivity contribution >= 4 is 5.84 Å². The number of nitrogen functional groups attached to an aromatic ring is 1. The number of ether oxygens (including phenoxy) is 3. The minimum atomic E-state index is -0.872. The van der Waals surface area contributed by atoms with Gasteiger partial charge >= 0.3 is 5.69 Å². The van der Waals surface area contributed by atoms with Crippen LogP contribution in [0.1, 0.15) is 28.4 Å². The SMILES string of the molecule is COc1cc(C(Cc2ccc(C(=N)N)cc2)c2nn(-c3ncccn3)c(=O)[nH]2)c(F)c(OCCF)c1OC. The van der Waals surface area contributed by atoms with Gasteiger partial charge in [0.05, 0.1) is 20.1 Å². The van der Waals surface area contributed by atoms with Gasteiger partial charge in [0.1, 0.15) is 24.9 Å². The number of benzene rings is 2. The van der Waals surface area contributed by atoms with Crippen molar-refractivity contribution in [2.75, 3.05) is 27.5 Å². The van der Waals surface area contributed by atoms with Crippen LogP contribution in [0.15, 0.2) is 53.6 Å². The second-order valence-electron chi connectivity index (χ2n) is 8.03. The summed E-state index contributed by atoms with van der Waals surface area (Å²) < 4.78 is 46.0. The second kappa shape index (κ2) is 11.5. The molecule has 1 atom stereocenters. The Kier molecular flexibility index (Phi) is 7.94. The van der Waals surface area contributed by atoms with Crippen molar-refractivity contribution in [1.82, 2.24) is 24.7 Å². The van der Waals surface area contributed by atoms with E-state index in [9.17, 15) is 9.18 Å². The highest BCUT2D eigenvalue weighted by Crippen LogP contribution is 2.44. The van der Waals surface area contributed by atoms with Crippen LogP contribution >= 0.6 is 0 Å². The van der Waals surface area contributed by atoms with Crippen molar-refractivity contribution in [3.05, 3.63) is 87.6 Å². The zero-order valence-electron chi connectivity index (χ0n) is 20.6. The lowest BCUT2D eigenvalue weighted by Gasteiger charge is -2.21. The molecule has 0 spiro atoms. The number of nitrogens with two attached hydrogens (primary N) is 1. The topological polar surface area (TPSA) is 154 Å². The lowest BCUT2D eigenvalue weighted by atomic mass is 9.90. The standard InChI is InChI=1S/C25H25F2N7O4/c1-36-18-13-16(19(27)21(20(18)37-2)38-11-8-26)17(12-14-4-6-15(7-5-14)22(28)29)23-32-25(35)34(33-23)24-30-9-3-10-31-24/h3-7,9-10,13,17H,8,11-12H2,1-2H3,(H3,28,29)(H,32,33,35). The largest absolute Gasteiger partial charge is 0.493 e. The van der Waals surface area contributed by atoms with Gasteiger partial charge in [-0.1, -0.05) is 24.3 Å². The Morgan fingerprint density at radius 3 is 2.47 bits per heavy atom. The minimum absolute atomic E-state index is 0.0318. The molecule has 0 saturated carbocycles. The van der Waals surface area contributed by atoms with E-state index < -0.39 is 30.7 Å². The third-order valence-electron chi connectivity index (χ3n) is 5.70. The molecule has 11 nitrogen and oxygen atoms in total. The van der Waals surface area contributed by atoms with Crippen molar-refractivity contribution in [2.45, 2.75) is 12.3 Å². The summed E-state index contributed by atoms with van der Waals surface area (Å²) in [5, 5.41) is 12.0. The molecule has 13 heteroatoms. The predicted molar refractivity (Wildman–Crippen MR) is 134 cm³/mol. The van der Waals surface area contributed by atoms with Crippen LogP contribution < -0.4 is 25.6 Å². The van der Waals surface area contributed by atoms with Gasteiger partial charge in [0, 0.05) is 23.5 Å². The van der Waals surface area contributed by atoms with Gasteiger partial charge in [-0.05, 0) is 24.1 Å². The summed E-state index contributed by atoms with van der Waals surface area (Å²) in [6.07, 6.45) is 3.08. The maximum absolute atomic E-state index is 16.0. The van der Waals surface area contributed by atoms with Crippen LogP contribution in [-0.2, 0) is 6.42 Å². The van der Waals surface area contributed by atoms with Crippen LogP contribution in [0.2, 0.25) is 0 Å². The molecule has 1 unspecified atom stereocenters. The van der Waals surface area contributed by atoms with Gasteiger partial charge < -0.3 is 19.9 Å². The maximum Gasteiger partial charge on any atom is 0.350 e. The summed E-state index contributed by atoms with van der Waals surface area (Å²) in [6.45, 7) is -1.26. The Bertz CT molecular complexity index is 1470. The van der Waals surface area contributed by atoms with E-state index in [-0.39, 0.29) is 46.8 Å². The zero-order valence-corrected chi connectivity index (χ0v) is 20.6. The number of aromatic nitrogens is 5. The van der Waals surface area contributed by atoms with Gasteiger partial charge in [-0.3, -0.25) is 10.4 Å². The van der Waals surface area contributed by atoms with Crippen LogP contribution in [0.4, 0.5) is 8.78 Å². The maximum atomic E-state index is 16.0. The van der Waals surface area contributed by atoms with E-state index >= 15 is 4.39 Å². The van der Waals surface area contributed by atoms with E-state index in [0.717, 1.165) is 10.2 Å². The first-order valence-corrected chi connectivity index (χ1v) is 11.4. The number of hydrogen-bond acceptors (Lipinski definition) is 8. The summed E-state index contributed by atoms with van der Waals surface area (Å²) in [4.78, 5) is 23.6. The van der Waals surface area contributed by atoms with E-state index in [1.54, 1.807) is 30.3 Å². The van der Waals surface area contributed by atoms with Crippen molar-refractivity contribution < 1.29 is 23.0 Å². The average molecular weight is 526 g/mol. The molecule has 4 rings (SSSR count). The third-order valence-corrected chi connectivity index (χ3v) is 5.70. The van der Waals surface area contributed by atoms with E-state index in [1.807, 2.05) is 0 Å². The van der Waals surface area contributed by atoms with Gasteiger partial charge in [-0.25, -0.2) is 23.5 Å². The van der Waals surface area contributed by atoms with Gasteiger partial charge in [0.2, 0.25) is 11.5 Å². The monoisotopic (exact) mass is 525 g/mol. The highest BCUT2D eigenvalue weighted by Gasteiger charge is 2.30. The van der Waals surface area contributed by atoms with Crippen LogP contribution in [0.5, 0.6) is 17.2 Å². The Morgan fingerprint density at radius 1 is 1.16 bits per heavy atom. The Labute approximate surface area is 215 Å². The fraction of sp³-hybridized carbons (Fsp3) is 0.240. The number of amidine groups is 1. The molecule has 0 radical (unpaired) electrons. The van der Waals surface area contributed by atoms with Crippen LogP contribution in [0, 0.1) is 11.2 Å². The summed E-state index contributed by atoms with van der Waals surface area (Å²) in [5.74, 6) is -1.88. The minimum Gasteiger partial charge on any atom is -0.493 e. The summed E-state index contributed by atoms with van der Waals surface area (Å²) in [7, 11) is 2.68. The highest BCUT2D eigenvalue weighted by atomic mass is 19.1. The Morgan fingerprint density at radius 2 is 1.87 bits per heavy atom. The summed E-state index contributed by atoms with van der Waals surface area (Å²) >= 11 is 0. The Hall–Kier alpha value is -4.81. The quantitative estimate of drug-likeness (QED) is 0.199. The zero-order chi connectivity index (χ0) is 27.2. The first-order chi connectivity index (χ1) is 18.4. The molecule has 0 aliphatic rings. The normalized spacial score (nSPS) is 11.7. The molecule has 0 bridgehead atoms. The number of halogens is 2. The van der Waals surface area contributed by atoms with E-state index in [1.165, 1.54) is 32.7 Å². The molecule has 0 saturated heterocycles. The molecule has 2 aromatic carbocycles. The average Bonchev–Trinajstić information content (AvgIpc) is 3.32. The number of rotatable bonds is 11. The van der Waals surface area contributed by atoms with Gasteiger partial charge in [0.25, 0.3) is 5.95 Å². The van der Waals surface area contributed by atoms with E-state index in [4.69, 9.17) is 25.4 Å². The molecule has 0 amide bonds. The summed E-state index contributed by atoms with van der Waals surface area (Å²) in [5.41, 5.74) is 6.24. The Balaban J connectivity index is 1.89. The molecule has 0 aliphatic carbocycles. The van der Waals surface area contributed by atoms with Crippen molar-refractivity contribution in [3.8, 4) is 23.2 Å². The number of H-pyrrole nitrogens is 1. The number of alkyl halides is 1. The predicted octanol–water partition coefficient (Wildman–Crippen LogP) is 2.51. The summed E-state index contributed by atoms with van der Waals surface area (Å²) in [6, 6.07) is 9.80. The number of hydrogen-bond donors (Lipinski definition) is 3. The van der Waals surface area contributed by atoms with Crippen molar-refractivity contribution in [1.29, 1.82) is 5.41 Å². The first kappa shape index (κ1) is 26.3. The van der Waals surface area contributed by atoms with Crippen LogP contribution in [0.25, 0.3) is 5.95 Å². The molecule has 2 heterocycles. The first-order valence-electron chi connectivity index (χ1n) is 11.4. The van der Waals surface area contributed by atoms with Crippen LogP contribution in [-0.4, -0.2) is 58.1 Å². The lowest BCUT2D eigenvalue weighted by Crippen LogP contribution is -2.18. The molecular weight excluding hydrogens is 500 g/mol. The number of nitrogens with zero attached hydrogens (tertiary/aromatic N) is 4. The van der Waals surface area contributed by atoms with Crippen LogP contribution in [0.3, 0.4) is 0 Å². The van der Waals surface area contributed by atoms with E-state index in [2.05, 4.69) is 20.1 Å². The smallest absolute Gasteiger partial charge is 0.350 e. The van der Waals surface area contributed by atoms with Crippen molar-refractivity contribution in [3.63, 3.8) is 0 Å². The molecule has 0 aliphatic heterocycles. The molecular formula is C25H25F2N7O4. The molecule has 4 aromatic rings. The molecule has 38 heavy (non-hydrogen) atoms. The number of nitrogens with one attached hydrogen (secondary N) is 2. The molecule has 0 fully saturated rings. The van der Waals surface area contributed by atoms with Gasteiger partial charge in [-0.2, -0.15) is 0 Å². The molecule has 198 valence electrons. The molecule has 4 N–H and O–H groups in total. The highest BCUT2D eigenvalue weighted by molar-refractivity contribution is 5.94. The number of methoxy groups -OCH3 is 2. The van der Waals surface area contributed by atoms with Gasteiger partial charge in [-0.15, -0.1) is 9.78 Å². The van der Waals surface area contributed by atoms with E-state index in [0.29, 0.717) is 5.56 Å². The lowest BCUT2D eigenvalue weighted by molar-refractivity contribution is 0.243.